The summed E-state index contributed by atoms with van der Waals surface area (Å²) in [4.78, 5) is 26.9. The van der Waals surface area contributed by atoms with Crippen molar-refractivity contribution in [1.82, 2.24) is 4.90 Å². The second-order valence-electron chi connectivity index (χ2n) is 6.77. The van der Waals surface area contributed by atoms with E-state index in [0.29, 0.717) is 12.1 Å². The fourth-order valence-electron chi connectivity index (χ4n) is 3.41. The normalized spacial score (nSPS) is 19.2. The van der Waals surface area contributed by atoms with Crippen molar-refractivity contribution in [3.05, 3.63) is 76.4 Å². The van der Waals surface area contributed by atoms with Crippen molar-refractivity contribution in [2.45, 2.75) is 33.2 Å². The molecule has 4 nitrogen and oxygen atoms in total. The molecule has 2 aromatic rings. The van der Waals surface area contributed by atoms with Crippen LogP contribution >= 0.6 is 0 Å². The van der Waals surface area contributed by atoms with Gasteiger partial charge in [-0.1, -0.05) is 66.6 Å². The van der Waals surface area contributed by atoms with Gasteiger partial charge in [-0.05, 0) is 25.8 Å². The Morgan fingerprint density at radius 2 is 1.73 bits per heavy atom. The van der Waals surface area contributed by atoms with E-state index in [1.165, 1.54) is 0 Å². The van der Waals surface area contributed by atoms with Gasteiger partial charge in [0.05, 0.1) is 11.6 Å². The first kappa shape index (κ1) is 17.9. The molecular formula is C22H23NO3. The molecule has 3 rings (SSSR count). The van der Waals surface area contributed by atoms with Crippen molar-refractivity contribution >= 4 is 17.4 Å². The van der Waals surface area contributed by atoms with E-state index < -0.39 is 17.7 Å². The first-order valence-electron chi connectivity index (χ1n) is 8.86. The van der Waals surface area contributed by atoms with Gasteiger partial charge in [-0.3, -0.25) is 9.59 Å². The third-order valence-corrected chi connectivity index (χ3v) is 4.69. The molecule has 0 saturated carbocycles. The molecule has 1 aliphatic heterocycles. The molecule has 2 aromatic carbocycles. The average Bonchev–Trinajstić information content (AvgIpc) is 2.87. The third kappa shape index (κ3) is 3.15. The van der Waals surface area contributed by atoms with E-state index in [1.807, 2.05) is 57.2 Å². The van der Waals surface area contributed by atoms with E-state index in [9.17, 15) is 14.7 Å². The van der Waals surface area contributed by atoms with E-state index in [0.717, 1.165) is 23.1 Å². The monoisotopic (exact) mass is 349 g/mol. The summed E-state index contributed by atoms with van der Waals surface area (Å²) < 4.78 is 0. The van der Waals surface area contributed by atoms with E-state index >= 15 is 0 Å². The summed E-state index contributed by atoms with van der Waals surface area (Å²) in [5, 5.41) is 10.9. The number of aliphatic hydroxyl groups excluding tert-OH is 1. The Morgan fingerprint density at radius 1 is 1.04 bits per heavy atom. The van der Waals surface area contributed by atoms with Crippen molar-refractivity contribution in [3.8, 4) is 0 Å². The Hall–Kier alpha value is -2.88. The fraction of sp³-hybridized carbons (Fsp3) is 0.273. The smallest absolute Gasteiger partial charge is 0.295 e. The highest BCUT2D eigenvalue weighted by Crippen LogP contribution is 2.39. The standard InChI is InChI=1S/C22H23NO3/c1-4-12-23-19(17-7-5-6-15(3)13-17)18(21(25)22(23)26)20(24)16-10-8-14(2)9-11-16/h5-11,13,19,24H,4,12H2,1-3H3/b20-18-. The minimum Gasteiger partial charge on any atom is -0.507 e. The molecule has 0 spiro atoms. The van der Waals surface area contributed by atoms with Crippen LogP contribution in [0.25, 0.3) is 5.76 Å². The summed E-state index contributed by atoms with van der Waals surface area (Å²) in [7, 11) is 0. The second kappa shape index (κ2) is 7.16. The van der Waals surface area contributed by atoms with Crippen LogP contribution in [0.15, 0.2) is 54.1 Å². The van der Waals surface area contributed by atoms with Crippen LogP contribution in [-0.4, -0.2) is 28.2 Å². The molecule has 0 aliphatic carbocycles. The number of likely N-dealkylation sites (tertiary alicyclic amines) is 1. The van der Waals surface area contributed by atoms with E-state index in [4.69, 9.17) is 0 Å². The maximum absolute atomic E-state index is 12.7. The molecule has 1 unspecified atom stereocenters. The van der Waals surface area contributed by atoms with Gasteiger partial charge in [0.2, 0.25) is 0 Å². The predicted octanol–water partition coefficient (Wildman–Crippen LogP) is 4.14. The van der Waals surface area contributed by atoms with Crippen LogP contribution in [0.4, 0.5) is 0 Å². The van der Waals surface area contributed by atoms with Crippen LogP contribution in [0, 0.1) is 13.8 Å². The number of benzene rings is 2. The van der Waals surface area contributed by atoms with Crippen LogP contribution in [0.2, 0.25) is 0 Å². The van der Waals surface area contributed by atoms with Gasteiger partial charge in [0, 0.05) is 12.1 Å². The highest BCUT2D eigenvalue weighted by Gasteiger charge is 2.45. The summed E-state index contributed by atoms with van der Waals surface area (Å²) >= 11 is 0. The largest absolute Gasteiger partial charge is 0.507 e. The number of Topliss-reactive ketones (excluding diaryl/α,β-unsaturated/α-hetero) is 1. The van der Waals surface area contributed by atoms with Gasteiger partial charge in [-0.2, -0.15) is 0 Å². The van der Waals surface area contributed by atoms with Crippen molar-refractivity contribution in [2.75, 3.05) is 6.54 Å². The minimum absolute atomic E-state index is 0.117. The number of carbonyl (C=O) groups excluding carboxylic acids is 2. The van der Waals surface area contributed by atoms with Crippen LogP contribution in [0.1, 0.15) is 41.6 Å². The Bertz CT molecular complexity index is 881. The van der Waals surface area contributed by atoms with Crippen LogP contribution in [0.5, 0.6) is 0 Å². The Morgan fingerprint density at radius 3 is 2.35 bits per heavy atom. The van der Waals surface area contributed by atoms with Crippen LogP contribution in [0.3, 0.4) is 0 Å². The lowest BCUT2D eigenvalue weighted by molar-refractivity contribution is -0.139. The number of aliphatic hydroxyl groups is 1. The van der Waals surface area contributed by atoms with Crippen molar-refractivity contribution in [1.29, 1.82) is 0 Å². The number of aryl methyl sites for hydroxylation is 2. The van der Waals surface area contributed by atoms with Gasteiger partial charge in [0.1, 0.15) is 5.76 Å². The number of carbonyl (C=O) groups is 2. The number of hydrogen-bond donors (Lipinski definition) is 1. The first-order valence-corrected chi connectivity index (χ1v) is 8.86. The third-order valence-electron chi connectivity index (χ3n) is 4.69. The molecule has 1 aliphatic rings. The molecule has 1 amide bonds. The molecule has 1 fully saturated rings. The second-order valence-corrected chi connectivity index (χ2v) is 6.77. The van der Waals surface area contributed by atoms with Gasteiger partial charge >= 0.3 is 0 Å². The van der Waals surface area contributed by atoms with Crippen molar-refractivity contribution < 1.29 is 14.7 Å². The Labute approximate surface area is 153 Å². The van der Waals surface area contributed by atoms with Gasteiger partial charge in [-0.15, -0.1) is 0 Å². The number of ketones is 1. The number of hydrogen-bond acceptors (Lipinski definition) is 3. The lowest BCUT2D eigenvalue weighted by Gasteiger charge is -2.25. The number of nitrogens with zero attached hydrogens (tertiary/aromatic N) is 1. The van der Waals surface area contributed by atoms with E-state index in [-0.39, 0.29) is 11.3 Å². The lowest BCUT2D eigenvalue weighted by atomic mass is 9.94. The molecule has 4 heteroatoms. The summed E-state index contributed by atoms with van der Waals surface area (Å²) in [5.74, 6) is -1.29. The molecule has 1 saturated heterocycles. The Balaban J connectivity index is 2.19. The van der Waals surface area contributed by atoms with Crippen LogP contribution < -0.4 is 0 Å². The summed E-state index contributed by atoms with van der Waals surface area (Å²) in [6, 6.07) is 14.5. The highest BCUT2D eigenvalue weighted by molar-refractivity contribution is 6.46. The topological polar surface area (TPSA) is 57.6 Å². The molecule has 0 radical (unpaired) electrons. The molecular weight excluding hydrogens is 326 g/mol. The molecule has 0 bridgehead atoms. The number of amides is 1. The van der Waals surface area contributed by atoms with Gasteiger partial charge in [-0.25, -0.2) is 0 Å². The van der Waals surface area contributed by atoms with E-state index in [1.54, 1.807) is 17.0 Å². The van der Waals surface area contributed by atoms with Crippen molar-refractivity contribution in [2.24, 2.45) is 0 Å². The molecule has 1 heterocycles. The summed E-state index contributed by atoms with van der Waals surface area (Å²) in [6.07, 6.45) is 0.736. The molecule has 1 atom stereocenters. The molecule has 26 heavy (non-hydrogen) atoms. The maximum Gasteiger partial charge on any atom is 0.295 e. The zero-order valence-corrected chi connectivity index (χ0v) is 15.3. The highest BCUT2D eigenvalue weighted by atomic mass is 16.3. The predicted molar refractivity (Wildman–Crippen MR) is 102 cm³/mol. The van der Waals surface area contributed by atoms with E-state index in [2.05, 4.69) is 0 Å². The summed E-state index contributed by atoms with van der Waals surface area (Å²) in [5.41, 5.74) is 3.65. The minimum atomic E-state index is -0.622. The molecule has 0 aromatic heterocycles. The lowest BCUT2D eigenvalue weighted by Crippen LogP contribution is -2.30. The van der Waals surface area contributed by atoms with Gasteiger partial charge in [0.25, 0.3) is 11.7 Å². The zero-order valence-electron chi connectivity index (χ0n) is 15.3. The quantitative estimate of drug-likeness (QED) is 0.513. The SMILES string of the molecule is CCCN1C(=O)C(=O)/C(=C(\O)c2ccc(C)cc2)C1c1cccc(C)c1. The van der Waals surface area contributed by atoms with Crippen molar-refractivity contribution in [3.63, 3.8) is 0 Å². The van der Waals surface area contributed by atoms with Gasteiger partial charge < -0.3 is 10.0 Å². The van der Waals surface area contributed by atoms with Crippen LogP contribution in [-0.2, 0) is 9.59 Å². The number of rotatable bonds is 4. The maximum atomic E-state index is 12.7. The molecule has 134 valence electrons. The Kier molecular flexibility index (Phi) is 4.94. The molecule has 1 N–H and O–H groups in total. The average molecular weight is 349 g/mol. The van der Waals surface area contributed by atoms with Gasteiger partial charge in [0.15, 0.2) is 0 Å². The fourth-order valence-corrected chi connectivity index (χ4v) is 3.41. The summed E-state index contributed by atoms with van der Waals surface area (Å²) in [6.45, 7) is 6.35. The zero-order chi connectivity index (χ0) is 18.8. The first-order chi connectivity index (χ1) is 12.4.